The maximum absolute atomic E-state index is 10.2. The minimum atomic E-state index is -1.23. The van der Waals surface area contributed by atoms with Crippen molar-refractivity contribution in [3.05, 3.63) is 90.3 Å². The number of benzene rings is 2. The van der Waals surface area contributed by atoms with Gasteiger partial charge in [0.05, 0.1) is 11.7 Å². The molecule has 5 heteroatoms. The van der Waals surface area contributed by atoms with E-state index in [1.165, 1.54) is 23.4 Å². The molecule has 2 aromatic carbocycles. The normalized spacial score (nSPS) is 8.71. The molecule has 0 aliphatic rings. The number of rotatable bonds is 2. The molecule has 0 saturated carbocycles. The first kappa shape index (κ1) is 22.0. The van der Waals surface area contributed by atoms with Crippen LogP contribution in [0.1, 0.15) is 16.1 Å². The summed E-state index contributed by atoms with van der Waals surface area (Å²) in [5, 5.41) is 10.2. The molecule has 3 aromatic rings. The van der Waals surface area contributed by atoms with E-state index < -0.39 is 5.97 Å². The molecule has 0 aliphatic carbocycles. The summed E-state index contributed by atoms with van der Waals surface area (Å²) in [6.45, 7) is 1.80. The van der Waals surface area contributed by atoms with E-state index in [4.69, 9.17) is 0 Å². The van der Waals surface area contributed by atoms with Crippen molar-refractivity contribution in [2.45, 2.75) is 6.92 Å². The molecule has 0 radical (unpaired) electrons. The summed E-state index contributed by atoms with van der Waals surface area (Å²) in [5.74, 6) is -1.23. The Morgan fingerprint density at radius 2 is 1.33 bits per heavy atom. The number of pyridine rings is 1. The molecule has 0 unspecified atom stereocenters. The number of nitrogens with zero attached hydrogens (tertiary/aromatic N) is 1. The van der Waals surface area contributed by atoms with Gasteiger partial charge in [0.15, 0.2) is 0 Å². The zero-order valence-corrected chi connectivity index (χ0v) is 16.3. The molecular formula is C19H16ClNO2Os. The molecule has 0 spiro atoms. The average molecular weight is 516 g/mol. The summed E-state index contributed by atoms with van der Waals surface area (Å²) in [6.07, 6.45) is 1.44. The fourth-order valence-corrected chi connectivity index (χ4v) is 1.91. The second-order valence-corrected chi connectivity index (χ2v) is 4.74. The molecular weight excluding hydrogens is 500 g/mol. The quantitative estimate of drug-likeness (QED) is 0.487. The van der Waals surface area contributed by atoms with Crippen molar-refractivity contribution in [1.29, 1.82) is 0 Å². The van der Waals surface area contributed by atoms with Crippen molar-refractivity contribution in [2.75, 3.05) is 0 Å². The average Bonchev–Trinajstić information content (AvgIpc) is 2.57. The Morgan fingerprint density at radius 3 is 1.67 bits per heavy atom. The number of hydrogen-bond acceptors (Lipinski definition) is 3. The Labute approximate surface area is 161 Å². The zero-order valence-electron chi connectivity index (χ0n) is 13.0. The minimum Gasteiger partial charge on any atom is -1.00 e. The monoisotopic (exact) mass is 517 g/mol. The molecule has 3 rings (SSSR count). The summed E-state index contributed by atoms with van der Waals surface area (Å²) < 4.78 is 0. The van der Waals surface area contributed by atoms with E-state index >= 15 is 0 Å². The van der Waals surface area contributed by atoms with E-state index in [0.717, 1.165) is 5.56 Å². The number of carbonyl (C=O) groups is 1. The maximum atomic E-state index is 10.2. The Hall–Kier alpha value is -2.01. The fourth-order valence-electron chi connectivity index (χ4n) is 1.91. The van der Waals surface area contributed by atoms with Crippen LogP contribution < -0.4 is 17.5 Å². The van der Waals surface area contributed by atoms with Gasteiger partial charge >= 0.3 is 19.8 Å². The van der Waals surface area contributed by atoms with Crippen LogP contribution in [0.3, 0.4) is 0 Å². The molecule has 3 nitrogen and oxygen atoms in total. The third-order valence-corrected chi connectivity index (χ3v) is 3.01. The molecule has 0 saturated heterocycles. The molecule has 0 fully saturated rings. The van der Waals surface area contributed by atoms with E-state index in [9.17, 15) is 9.90 Å². The van der Waals surface area contributed by atoms with Gasteiger partial charge in [0.2, 0.25) is 0 Å². The van der Waals surface area contributed by atoms with Crippen LogP contribution in [0.4, 0.5) is 0 Å². The summed E-state index contributed by atoms with van der Waals surface area (Å²) in [5.41, 5.74) is 3.41. The Bertz CT molecular complexity index is 699. The van der Waals surface area contributed by atoms with E-state index in [2.05, 4.69) is 53.5 Å². The first-order valence-corrected chi connectivity index (χ1v) is 6.91. The molecule has 1 heterocycles. The Morgan fingerprint density at radius 1 is 0.875 bits per heavy atom. The predicted molar refractivity (Wildman–Crippen MR) is 85.2 cm³/mol. The predicted octanol–water partition coefficient (Wildman–Crippen LogP) is 0.109. The number of aromatic nitrogens is 1. The summed E-state index contributed by atoms with van der Waals surface area (Å²) in [6, 6.07) is 24.0. The SMILES string of the molecule is Cc1ccnc(C(=O)[O-])c1.[Cl-].[Os+2].c1ccc(-c2ccccc2)cc1. The van der Waals surface area contributed by atoms with E-state index in [0.29, 0.717) is 0 Å². The van der Waals surface area contributed by atoms with Crippen molar-refractivity contribution >= 4 is 5.97 Å². The second-order valence-electron chi connectivity index (χ2n) is 4.74. The minimum absolute atomic E-state index is 0. The van der Waals surface area contributed by atoms with Crippen molar-refractivity contribution in [1.82, 2.24) is 4.98 Å². The van der Waals surface area contributed by atoms with Gasteiger partial charge < -0.3 is 22.3 Å². The van der Waals surface area contributed by atoms with Gasteiger partial charge in [-0.2, -0.15) is 0 Å². The van der Waals surface area contributed by atoms with Gasteiger partial charge in [0.1, 0.15) is 0 Å². The standard InChI is InChI=1S/C12H10.C7H7NO2.ClH.Os/c1-3-7-11(8-4-1)12-9-5-2-6-10-12;1-5-2-3-8-6(4-5)7(9)10;;/h1-10H;2-4H,1H3,(H,9,10);1H;/q;;;+2/p-2. The number of aryl methyl sites for hydroxylation is 1. The van der Waals surface area contributed by atoms with Crippen LogP contribution in [0.5, 0.6) is 0 Å². The van der Waals surface area contributed by atoms with E-state index in [1.54, 1.807) is 13.0 Å². The van der Waals surface area contributed by atoms with E-state index in [-0.39, 0.29) is 37.9 Å². The van der Waals surface area contributed by atoms with Gasteiger partial charge in [-0.1, -0.05) is 60.7 Å². The fraction of sp³-hybridized carbons (Fsp3) is 0.0526. The third-order valence-electron chi connectivity index (χ3n) is 3.01. The van der Waals surface area contributed by atoms with Gasteiger partial charge in [-0.3, -0.25) is 4.98 Å². The van der Waals surface area contributed by atoms with Crippen molar-refractivity contribution in [2.24, 2.45) is 0 Å². The van der Waals surface area contributed by atoms with E-state index in [1.807, 2.05) is 12.1 Å². The van der Waals surface area contributed by atoms with Crippen molar-refractivity contribution < 1.29 is 42.1 Å². The van der Waals surface area contributed by atoms with Crippen LogP contribution in [0.25, 0.3) is 11.1 Å². The number of hydrogen-bond donors (Lipinski definition) is 0. The largest absolute Gasteiger partial charge is 2.00 e. The smallest absolute Gasteiger partial charge is 1.00 e. The number of carboxylic acids is 1. The molecule has 24 heavy (non-hydrogen) atoms. The number of aromatic carboxylic acids is 1. The summed E-state index contributed by atoms with van der Waals surface area (Å²) >= 11 is 0. The van der Waals surface area contributed by atoms with Gasteiger partial charge in [0.25, 0.3) is 0 Å². The van der Waals surface area contributed by atoms with Gasteiger partial charge in [-0.25, -0.2) is 0 Å². The second kappa shape index (κ2) is 11.5. The maximum Gasteiger partial charge on any atom is 2.00 e. The van der Waals surface area contributed by atoms with Crippen LogP contribution in [0.2, 0.25) is 0 Å². The first-order chi connectivity index (χ1) is 10.7. The summed E-state index contributed by atoms with van der Waals surface area (Å²) in [4.78, 5) is 13.8. The van der Waals surface area contributed by atoms with Crippen LogP contribution in [0.15, 0.2) is 79.0 Å². The molecule has 0 N–H and O–H groups in total. The van der Waals surface area contributed by atoms with Gasteiger partial charge in [-0.15, -0.1) is 0 Å². The Balaban J connectivity index is 0.000000413. The first-order valence-electron chi connectivity index (χ1n) is 6.91. The number of halogens is 1. The van der Waals surface area contributed by atoms with Crippen molar-refractivity contribution in [3.63, 3.8) is 0 Å². The third kappa shape index (κ3) is 7.04. The van der Waals surface area contributed by atoms with Crippen LogP contribution in [-0.4, -0.2) is 11.0 Å². The molecule has 124 valence electrons. The summed E-state index contributed by atoms with van der Waals surface area (Å²) in [7, 11) is 0. The topological polar surface area (TPSA) is 53.0 Å². The molecule has 1 aromatic heterocycles. The molecule has 0 amide bonds. The molecule has 0 atom stereocenters. The zero-order chi connectivity index (χ0) is 15.8. The molecule has 0 bridgehead atoms. The Kier molecular flexibility index (Phi) is 10.5. The molecule has 0 aliphatic heterocycles. The number of carbonyl (C=O) groups excluding carboxylic acids is 1. The van der Waals surface area contributed by atoms with Crippen LogP contribution in [0, 0.1) is 6.92 Å². The van der Waals surface area contributed by atoms with Gasteiger partial charge in [-0.05, 0) is 35.7 Å². The number of carboxylic acid groups (broad SMARTS) is 1. The van der Waals surface area contributed by atoms with Gasteiger partial charge in [0, 0.05) is 6.20 Å². The van der Waals surface area contributed by atoms with Crippen molar-refractivity contribution in [3.8, 4) is 11.1 Å². The van der Waals surface area contributed by atoms with Crippen LogP contribution in [-0.2, 0) is 19.8 Å². The van der Waals surface area contributed by atoms with Crippen LogP contribution >= 0.6 is 0 Å².